The van der Waals surface area contributed by atoms with Crippen LogP contribution in [0.25, 0.3) is 0 Å². The second kappa shape index (κ2) is 4.14. The molecular weight excluding hydrogens is 190 g/mol. The Morgan fingerprint density at radius 1 is 1.67 bits per heavy atom. The summed E-state index contributed by atoms with van der Waals surface area (Å²) < 4.78 is 1.70. The van der Waals surface area contributed by atoms with Crippen LogP contribution in [0.2, 0.25) is 0 Å². The molecule has 1 unspecified atom stereocenters. The molecule has 1 fully saturated rings. The molecule has 0 aromatic carbocycles. The Morgan fingerprint density at radius 2 is 2.40 bits per heavy atom. The Bertz CT molecular complexity index is 395. The Labute approximate surface area is 89.3 Å². The van der Waals surface area contributed by atoms with Crippen molar-refractivity contribution >= 4 is 0 Å². The van der Waals surface area contributed by atoms with Crippen LogP contribution in [0.5, 0.6) is 0 Å². The summed E-state index contributed by atoms with van der Waals surface area (Å²) in [5.74, 6) is 0.738. The highest BCUT2D eigenvalue weighted by Crippen LogP contribution is 2.32. The number of hydrogen-bond acceptors (Lipinski definition) is 3. The molecule has 0 amide bonds. The Kier molecular flexibility index (Phi) is 2.86. The Balaban J connectivity index is 2.14. The minimum atomic E-state index is -0.151. The molecule has 1 aromatic rings. The van der Waals surface area contributed by atoms with Gasteiger partial charge in [-0.15, -0.1) is 0 Å². The molecule has 0 spiro atoms. The molecule has 0 bridgehead atoms. The van der Waals surface area contributed by atoms with Crippen LogP contribution in [0, 0.1) is 12.8 Å². The van der Waals surface area contributed by atoms with E-state index >= 15 is 0 Å². The molecule has 0 radical (unpaired) electrons. The number of aryl methyl sites for hydroxylation is 1. The molecule has 2 rings (SSSR count). The van der Waals surface area contributed by atoms with Crippen LogP contribution in [0.3, 0.4) is 0 Å². The Morgan fingerprint density at radius 3 is 3.00 bits per heavy atom. The first-order valence-corrected chi connectivity index (χ1v) is 5.41. The van der Waals surface area contributed by atoms with Crippen LogP contribution >= 0.6 is 0 Å². The number of nitrogens with zero attached hydrogens (tertiary/aromatic N) is 2. The number of nitrogens with one attached hydrogen (secondary N) is 1. The van der Waals surface area contributed by atoms with Crippen LogP contribution in [0.1, 0.15) is 18.4 Å². The lowest BCUT2D eigenvalue weighted by atomic mass is 10.2. The summed E-state index contributed by atoms with van der Waals surface area (Å²) in [4.78, 5) is 15.3. The number of rotatable bonds is 4. The summed E-state index contributed by atoms with van der Waals surface area (Å²) >= 11 is 0. The molecule has 0 aliphatic heterocycles. The van der Waals surface area contributed by atoms with Gasteiger partial charge in [0.15, 0.2) is 0 Å². The SMILES string of the molecule is CNC(Cn1cc(C)cnc1=O)C1CC1. The van der Waals surface area contributed by atoms with E-state index in [1.165, 1.54) is 12.8 Å². The van der Waals surface area contributed by atoms with E-state index in [0.29, 0.717) is 6.04 Å². The second-order valence-electron chi connectivity index (χ2n) is 4.30. The third-order valence-corrected chi connectivity index (χ3v) is 2.94. The molecule has 1 aliphatic carbocycles. The molecule has 82 valence electrons. The highest BCUT2D eigenvalue weighted by Gasteiger charge is 2.30. The topological polar surface area (TPSA) is 46.9 Å². The van der Waals surface area contributed by atoms with Gasteiger partial charge in [-0.05, 0) is 38.3 Å². The monoisotopic (exact) mass is 207 g/mol. The average Bonchev–Trinajstić information content (AvgIpc) is 3.03. The van der Waals surface area contributed by atoms with Gasteiger partial charge in [-0.1, -0.05) is 0 Å². The van der Waals surface area contributed by atoms with Gasteiger partial charge in [0.2, 0.25) is 0 Å². The van der Waals surface area contributed by atoms with E-state index in [4.69, 9.17) is 0 Å². The molecule has 4 nitrogen and oxygen atoms in total. The molecule has 1 aromatic heterocycles. The lowest BCUT2D eigenvalue weighted by molar-refractivity contribution is 0.425. The quantitative estimate of drug-likeness (QED) is 0.784. The van der Waals surface area contributed by atoms with E-state index in [2.05, 4.69) is 10.3 Å². The minimum absolute atomic E-state index is 0.151. The minimum Gasteiger partial charge on any atom is -0.315 e. The van der Waals surface area contributed by atoms with E-state index in [-0.39, 0.29) is 5.69 Å². The molecule has 15 heavy (non-hydrogen) atoms. The summed E-state index contributed by atoms with van der Waals surface area (Å²) in [6.07, 6.45) is 6.05. The smallest absolute Gasteiger partial charge is 0.315 e. The van der Waals surface area contributed by atoms with Crippen LogP contribution in [-0.2, 0) is 6.54 Å². The standard InChI is InChI=1S/C11H17N3O/c1-8-5-13-11(15)14(6-8)7-10(12-2)9-3-4-9/h5-6,9-10,12H,3-4,7H2,1-2H3. The van der Waals surface area contributed by atoms with Gasteiger partial charge >= 0.3 is 5.69 Å². The normalized spacial score (nSPS) is 17.7. The van der Waals surface area contributed by atoms with Gasteiger partial charge in [-0.25, -0.2) is 9.78 Å². The maximum Gasteiger partial charge on any atom is 0.347 e. The predicted molar refractivity (Wildman–Crippen MR) is 58.8 cm³/mol. The van der Waals surface area contributed by atoms with Crippen LogP contribution in [0.15, 0.2) is 17.2 Å². The van der Waals surface area contributed by atoms with Gasteiger partial charge in [0.05, 0.1) is 0 Å². The molecular formula is C11H17N3O. The van der Waals surface area contributed by atoms with Crippen molar-refractivity contribution in [3.63, 3.8) is 0 Å². The molecule has 1 heterocycles. The second-order valence-corrected chi connectivity index (χ2v) is 4.30. The zero-order chi connectivity index (χ0) is 10.8. The first kappa shape index (κ1) is 10.4. The summed E-state index contributed by atoms with van der Waals surface area (Å²) in [5.41, 5.74) is 0.877. The summed E-state index contributed by atoms with van der Waals surface area (Å²) in [5, 5.41) is 3.27. The average molecular weight is 207 g/mol. The van der Waals surface area contributed by atoms with Gasteiger partial charge in [-0.3, -0.25) is 4.57 Å². The maximum atomic E-state index is 11.5. The third kappa shape index (κ3) is 2.45. The lowest BCUT2D eigenvalue weighted by Gasteiger charge is -2.16. The first-order valence-electron chi connectivity index (χ1n) is 5.41. The van der Waals surface area contributed by atoms with Crippen molar-refractivity contribution < 1.29 is 0 Å². The summed E-state index contributed by atoms with van der Waals surface area (Å²) in [6, 6.07) is 0.409. The fourth-order valence-electron chi connectivity index (χ4n) is 1.88. The zero-order valence-corrected chi connectivity index (χ0v) is 9.23. The van der Waals surface area contributed by atoms with E-state index in [9.17, 15) is 4.79 Å². The molecule has 4 heteroatoms. The van der Waals surface area contributed by atoms with Crippen molar-refractivity contribution in [1.82, 2.24) is 14.9 Å². The van der Waals surface area contributed by atoms with E-state index in [1.807, 2.05) is 20.2 Å². The Hall–Kier alpha value is -1.16. The molecule has 1 aliphatic rings. The lowest BCUT2D eigenvalue weighted by Crippen LogP contribution is -2.36. The van der Waals surface area contributed by atoms with Gasteiger partial charge in [0.1, 0.15) is 0 Å². The maximum absolute atomic E-state index is 11.5. The predicted octanol–water partition coefficient (Wildman–Crippen LogP) is 0.550. The van der Waals surface area contributed by atoms with Gasteiger partial charge < -0.3 is 5.32 Å². The fourth-order valence-corrected chi connectivity index (χ4v) is 1.88. The zero-order valence-electron chi connectivity index (χ0n) is 9.23. The number of aromatic nitrogens is 2. The van der Waals surface area contributed by atoms with Gasteiger partial charge in [0, 0.05) is 25.0 Å². The van der Waals surface area contributed by atoms with Gasteiger partial charge in [-0.2, -0.15) is 0 Å². The van der Waals surface area contributed by atoms with Crippen molar-refractivity contribution in [2.24, 2.45) is 5.92 Å². The molecule has 1 N–H and O–H groups in total. The van der Waals surface area contributed by atoms with E-state index in [1.54, 1.807) is 10.8 Å². The molecule has 1 atom stereocenters. The van der Waals surface area contributed by atoms with Crippen molar-refractivity contribution in [3.8, 4) is 0 Å². The third-order valence-electron chi connectivity index (χ3n) is 2.94. The fraction of sp³-hybridized carbons (Fsp3) is 0.636. The number of likely N-dealkylation sites (N-methyl/N-ethyl adjacent to an activating group) is 1. The van der Waals surface area contributed by atoms with Crippen molar-refractivity contribution in [2.75, 3.05) is 7.05 Å². The van der Waals surface area contributed by atoms with E-state index < -0.39 is 0 Å². The van der Waals surface area contributed by atoms with Crippen LogP contribution in [-0.4, -0.2) is 22.6 Å². The molecule has 0 saturated heterocycles. The van der Waals surface area contributed by atoms with Crippen molar-refractivity contribution in [1.29, 1.82) is 0 Å². The van der Waals surface area contributed by atoms with E-state index in [0.717, 1.165) is 18.0 Å². The first-order chi connectivity index (χ1) is 7.20. The number of hydrogen-bond donors (Lipinski definition) is 1. The van der Waals surface area contributed by atoms with Crippen molar-refractivity contribution in [3.05, 3.63) is 28.4 Å². The highest BCUT2D eigenvalue weighted by molar-refractivity contribution is 5.00. The summed E-state index contributed by atoms with van der Waals surface area (Å²) in [6.45, 7) is 2.68. The van der Waals surface area contributed by atoms with Crippen LogP contribution < -0.4 is 11.0 Å². The van der Waals surface area contributed by atoms with Crippen LogP contribution in [0.4, 0.5) is 0 Å². The van der Waals surface area contributed by atoms with Gasteiger partial charge in [0.25, 0.3) is 0 Å². The summed E-state index contributed by atoms with van der Waals surface area (Å²) in [7, 11) is 1.96. The van der Waals surface area contributed by atoms with Crippen molar-refractivity contribution in [2.45, 2.75) is 32.4 Å². The largest absolute Gasteiger partial charge is 0.347 e. The highest BCUT2D eigenvalue weighted by atomic mass is 16.1. The molecule has 1 saturated carbocycles.